The van der Waals surface area contributed by atoms with Crippen LogP contribution in [0.1, 0.15) is 0 Å². The van der Waals surface area contributed by atoms with Crippen LogP contribution in [-0.2, 0) is 0 Å². The summed E-state index contributed by atoms with van der Waals surface area (Å²) in [6, 6.07) is 54.4. The third-order valence-corrected chi connectivity index (χ3v) is 9.23. The van der Waals surface area contributed by atoms with E-state index in [-0.39, 0.29) is 0 Å². The fourth-order valence-corrected chi connectivity index (χ4v) is 7.04. The first-order chi connectivity index (χ1) is 23.8. The number of fused-ring (bicyclic) bond motifs is 7. The van der Waals surface area contributed by atoms with Crippen molar-refractivity contribution in [2.45, 2.75) is 0 Å². The van der Waals surface area contributed by atoms with Gasteiger partial charge in [0.1, 0.15) is 11.2 Å². The first-order valence-corrected chi connectivity index (χ1v) is 16.0. The van der Waals surface area contributed by atoms with Gasteiger partial charge in [-0.2, -0.15) is 0 Å². The van der Waals surface area contributed by atoms with Crippen molar-refractivity contribution in [2.75, 3.05) is 0 Å². The van der Waals surface area contributed by atoms with Crippen molar-refractivity contribution in [3.05, 3.63) is 158 Å². The summed E-state index contributed by atoms with van der Waals surface area (Å²) >= 11 is 0. The lowest BCUT2D eigenvalue weighted by Crippen LogP contribution is -2.00. The van der Waals surface area contributed by atoms with Crippen molar-refractivity contribution in [2.24, 2.45) is 0 Å². The predicted molar refractivity (Wildman–Crippen MR) is 195 cm³/mol. The lowest BCUT2D eigenvalue weighted by atomic mass is 9.99. The Morgan fingerprint density at radius 2 is 0.958 bits per heavy atom. The number of benzene rings is 7. The Labute approximate surface area is 275 Å². The molecule has 0 saturated carbocycles. The van der Waals surface area contributed by atoms with Crippen LogP contribution in [0.2, 0.25) is 0 Å². The Hall–Kier alpha value is -6.59. The third-order valence-electron chi connectivity index (χ3n) is 9.23. The molecule has 3 heterocycles. The lowest BCUT2D eigenvalue weighted by molar-refractivity contribution is 0.670. The van der Waals surface area contributed by atoms with E-state index in [9.17, 15) is 0 Å². The van der Waals surface area contributed by atoms with E-state index < -0.39 is 0 Å². The molecule has 0 N–H and O–H groups in total. The Morgan fingerprint density at radius 3 is 1.60 bits per heavy atom. The molecule has 5 heteroatoms. The fraction of sp³-hybridized carbons (Fsp3) is 0. The molecule has 0 aliphatic carbocycles. The molecule has 5 nitrogen and oxygen atoms in total. The number of para-hydroxylation sites is 2. The van der Waals surface area contributed by atoms with Crippen molar-refractivity contribution in [1.82, 2.24) is 19.5 Å². The van der Waals surface area contributed by atoms with Crippen LogP contribution in [0.25, 0.3) is 94.4 Å². The van der Waals surface area contributed by atoms with Gasteiger partial charge in [-0.3, -0.25) is 0 Å². The van der Waals surface area contributed by atoms with Crippen molar-refractivity contribution in [3.8, 4) is 39.9 Å². The van der Waals surface area contributed by atoms with Crippen LogP contribution < -0.4 is 0 Å². The highest BCUT2D eigenvalue weighted by atomic mass is 16.3. The van der Waals surface area contributed by atoms with Crippen LogP contribution in [0.5, 0.6) is 0 Å². The van der Waals surface area contributed by atoms with Gasteiger partial charge in [-0.15, -0.1) is 0 Å². The third kappa shape index (κ3) is 4.08. The number of hydrogen-bond donors (Lipinski definition) is 0. The Kier molecular flexibility index (Phi) is 5.81. The van der Waals surface area contributed by atoms with Crippen LogP contribution in [-0.4, -0.2) is 19.5 Å². The molecule has 224 valence electrons. The summed E-state index contributed by atoms with van der Waals surface area (Å²) < 4.78 is 9.12. The highest BCUT2D eigenvalue weighted by molar-refractivity contribution is 6.18. The van der Waals surface area contributed by atoms with Crippen molar-refractivity contribution >= 4 is 54.5 Å². The SMILES string of the molecule is c1ccc(-c2nc(-c3ccccc3)nc(-c3c4ccccc4cc4c3oc3ccc(-n5c6ccccc6c6ccccc65)cc34)n2)cc1. The number of nitrogens with zero attached hydrogens (tertiary/aromatic N) is 4. The van der Waals surface area contributed by atoms with E-state index >= 15 is 0 Å². The van der Waals surface area contributed by atoms with E-state index in [1.165, 1.54) is 21.8 Å². The van der Waals surface area contributed by atoms with Crippen molar-refractivity contribution in [1.29, 1.82) is 0 Å². The average molecular weight is 615 g/mol. The molecule has 0 fully saturated rings. The number of aromatic nitrogens is 4. The molecule has 0 aliphatic rings. The minimum atomic E-state index is 0.575. The molecule has 0 bridgehead atoms. The minimum Gasteiger partial charge on any atom is -0.455 e. The largest absolute Gasteiger partial charge is 0.455 e. The average Bonchev–Trinajstić information content (AvgIpc) is 3.69. The predicted octanol–water partition coefficient (Wildman–Crippen LogP) is 11.0. The second kappa shape index (κ2) is 10.5. The molecule has 3 aromatic heterocycles. The summed E-state index contributed by atoms with van der Waals surface area (Å²) in [5, 5.41) is 6.64. The van der Waals surface area contributed by atoms with Crippen LogP contribution in [0.3, 0.4) is 0 Å². The Morgan fingerprint density at radius 1 is 0.417 bits per heavy atom. The van der Waals surface area contributed by atoms with Gasteiger partial charge in [-0.05, 0) is 47.2 Å². The van der Waals surface area contributed by atoms with E-state index in [4.69, 9.17) is 19.4 Å². The molecule has 0 saturated heterocycles. The zero-order valence-electron chi connectivity index (χ0n) is 25.7. The number of rotatable bonds is 4. The van der Waals surface area contributed by atoms with E-state index in [2.05, 4.69) is 102 Å². The molecule has 0 atom stereocenters. The summed E-state index contributed by atoms with van der Waals surface area (Å²) in [7, 11) is 0. The minimum absolute atomic E-state index is 0.575. The zero-order chi connectivity index (χ0) is 31.6. The van der Waals surface area contributed by atoms with Gasteiger partial charge in [0.15, 0.2) is 17.5 Å². The van der Waals surface area contributed by atoms with E-state index in [1.54, 1.807) is 0 Å². The van der Waals surface area contributed by atoms with Crippen molar-refractivity contribution in [3.63, 3.8) is 0 Å². The Balaban J connectivity index is 1.27. The molecule has 0 radical (unpaired) electrons. The molecule has 10 rings (SSSR count). The summed E-state index contributed by atoms with van der Waals surface area (Å²) in [5.74, 6) is 1.81. The first-order valence-electron chi connectivity index (χ1n) is 16.0. The highest BCUT2D eigenvalue weighted by Gasteiger charge is 2.22. The van der Waals surface area contributed by atoms with Gasteiger partial charge in [0.25, 0.3) is 0 Å². The molecule has 0 aliphatic heterocycles. The van der Waals surface area contributed by atoms with Gasteiger partial charge in [0, 0.05) is 38.4 Å². The summed E-state index contributed by atoms with van der Waals surface area (Å²) in [6.45, 7) is 0. The van der Waals surface area contributed by atoms with Gasteiger partial charge < -0.3 is 8.98 Å². The number of furan rings is 1. The smallest absolute Gasteiger partial charge is 0.168 e. The molecular formula is C43H26N4O. The van der Waals surface area contributed by atoms with Gasteiger partial charge >= 0.3 is 0 Å². The van der Waals surface area contributed by atoms with Gasteiger partial charge in [0.2, 0.25) is 0 Å². The maximum atomic E-state index is 6.77. The topological polar surface area (TPSA) is 56.7 Å². The second-order valence-electron chi connectivity index (χ2n) is 12.0. The molecule has 10 aromatic rings. The standard InChI is InChI=1S/C43H26N4O/c1-3-13-27(14-4-1)41-44-42(28-15-5-2-6-16-28)46-43(45-41)39-31-18-8-7-17-29(31)25-35-34-26-30(23-24-38(34)48-40(35)39)47-36-21-11-9-19-32(36)33-20-10-12-22-37(33)47/h1-26H. The normalized spacial score (nSPS) is 11.8. The van der Waals surface area contributed by atoms with Gasteiger partial charge in [-0.1, -0.05) is 121 Å². The van der Waals surface area contributed by atoms with E-state index in [0.717, 1.165) is 55.1 Å². The van der Waals surface area contributed by atoms with Crippen LogP contribution in [0, 0.1) is 0 Å². The molecule has 7 aromatic carbocycles. The van der Waals surface area contributed by atoms with Crippen molar-refractivity contribution < 1.29 is 4.42 Å². The number of hydrogen-bond acceptors (Lipinski definition) is 4. The molecule has 0 spiro atoms. The van der Waals surface area contributed by atoms with Crippen LogP contribution >= 0.6 is 0 Å². The summed E-state index contributed by atoms with van der Waals surface area (Å²) in [5.41, 5.74) is 7.70. The quantitative estimate of drug-likeness (QED) is 0.198. The molecular weight excluding hydrogens is 589 g/mol. The fourth-order valence-electron chi connectivity index (χ4n) is 7.04. The van der Waals surface area contributed by atoms with E-state index in [1.807, 2.05) is 60.7 Å². The maximum absolute atomic E-state index is 6.77. The van der Waals surface area contributed by atoms with Gasteiger partial charge in [-0.25, -0.2) is 15.0 Å². The van der Waals surface area contributed by atoms with E-state index in [0.29, 0.717) is 17.5 Å². The summed E-state index contributed by atoms with van der Waals surface area (Å²) in [6.07, 6.45) is 0. The second-order valence-corrected chi connectivity index (χ2v) is 12.0. The highest BCUT2D eigenvalue weighted by Crippen LogP contribution is 2.42. The monoisotopic (exact) mass is 614 g/mol. The lowest BCUT2D eigenvalue weighted by Gasteiger charge is -2.11. The van der Waals surface area contributed by atoms with Gasteiger partial charge in [0.05, 0.1) is 16.6 Å². The molecule has 0 amide bonds. The summed E-state index contributed by atoms with van der Waals surface area (Å²) in [4.78, 5) is 15.2. The van der Waals surface area contributed by atoms with Crippen LogP contribution in [0.4, 0.5) is 0 Å². The molecule has 0 unspecified atom stereocenters. The van der Waals surface area contributed by atoms with Crippen LogP contribution in [0.15, 0.2) is 162 Å². The Bertz CT molecular complexity index is 2720. The maximum Gasteiger partial charge on any atom is 0.168 e. The molecule has 48 heavy (non-hydrogen) atoms. The zero-order valence-corrected chi connectivity index (χ0v) is 25.7. The first kappa shape index (κ1) is 26.6.